The van der Waals surface area contributed by atoms with Crippen LogP contribution in [0.1, 0.15) is 6.42 Å². The Morgan fingerprint density at radius 3 is 2.57 bits per heavy atom. The molecule has 1 aromatic carbocycles. The van der Waals surface area contributed by atoms with Crippen LogP contribution in [0.5, 0.6) is 0 Å². The Kier molecular flexibility index (Phi) is 4.93. The van der Waals surface area contributed by atoms with Crippen LogP contribution < -0.4 is 16.0 Å². The molecule has 1 aromatic rings. The number of benzene rings is 1. The van der Waals surface area contributed by atoms with Crippen molar-refractivity contribution in [2.24, 2.45) is 11.7 Å². The zero-order chi connectivity index (χ0) is 15.4. The van der Waals surface area contributed by atoms with Crippen LogP contribution in [0.25, 0.3) is 0 Å². The molecule has 0 saturated carbocycles. The number of rotatable bonds is 5. The maximum absolute atomic E-state index is 11.9. The first-order chi connectivity index (χ1) is 9.99. The number of hydrogen-bond donors (Lipinski definition) is 2. The number of anilines is 2. The van der Waals surface area contributed by atoms with Crippen LogP contribution in [0, 0.1) is 5.92 Å². The van der Waals surface area contributed by atoms with Crippen molar-refractivity contribution in [2.45, 2.75) is 6.42 Å². The average molecular weight is 290 g/mol. The van der Waals surface area contributed by atoms with E-state index in [2.05, 4.69) is 5.32 Å². The fourth-order valence-electron chi connectivity index (χ4n) is 2.40. The molecule has 1 unspecified atom stereocenters. The topological polar surface area (TPSA) is 78.7 Å². The highest BCUT2D eigenvalue weighted by atomic mass is 16.2. The molecular weight excluding hydrogens is 268 g/mol. The molecule has 1 heterocycles. The van der Waals surface area contributed by atoms with E-state index >= 15 is 0 Å². The summed E-state index contributed by atoms with van der Waals surface area (Å²) in [6.07, 6.45) is 0.512. The van der Waals surface area contributed by atoms with Crippen molar-refractivity contribution in [2.75, 3.05) is 43.9 Å². The van der Waals surface area contributed by atoms with Crippen LogP contribution in [0.2, 0.25) is 0 Å². The first-order valence-electron chi connectivity index (χ1n) is 7.04. The summed E-state index contributed by atoms with van der Waals surface area (Å²) in [4.78, 5) is 27.1. The van der Waals surface area contributed by atoms with Crippen molar-refractivity contribution in [1.82, 2.24) is 4.90 Å². The normalized spacial score (nSPS) is 18.4. The standard InChI is InChI=1S/C15H22N4O2/c1-18(2)10-14(20)17-12-3-5-13(6-4-12)19-9-11(8-16)7-15(19)21/h3-6,11H,7-10,16H2,1-2H3,(H,17,20). The van der Waals surface area contributed by atoms with Gasteiger partial charge < -0.3 is 20.9 Å². The van der Waals surface area contributed by atoms with E-state index < -0.39 is 0 Å². The maximum Gasteiger partial charge on any atom is 0.238 e. The minimum Gasteiger partial charge on any atom is -0.330 e. The van der Waals surface area contributed by atoms with Gasteiger partial charge in [0.25, 0.3) is 0 Å². The number of amides is 2. The molecule has 1 aliphatic rings. The van der Waals surface area contributed by atoms with Gasteiger partial charge in [-0.15, -0.1) is 0 Å². The molecule has 6 nitrogen and oxygen atoms in total. The van der Waals surface area contributed by atoms with Gasteiger partial charge in [-0.2, -0.15) is 0 Å². The molecule has 6 heteroatoms. The highest BCUT2D eigenvalue weighted by Gasteiger charge is 2.29. The smallest absolute Gasteiger partial charge is 0.238 e. The van der Waals surface area contributed by atoms with E-state index in [-0.39, 0.29) is 17.7 Å². The fourth-order valence-corrected chi connectivity index (χ4v) is 2.40. The van der Waals surface area contributed by atoms with E-state index in [0.29, 0.717) is 26.1 Å². The lowest BCUT2D eigenvalue weighted by Crippen LogP contribution is -2.27. The van der Waals surface area contributed by atoms with Gasteiger partial charge in [-0.05, 0) is 50.8 Å². The third-order valence-corrected chi connectivity index (χ3v) is 3.46. The van der Waals surface area contributed by atoms with E-state index in [1.807, 2.05) is 38.4 Å². The number of nitrogens with one attached hydrogen (secondary N) is 1. The van der Waals surface area contributed by atoms with Gasteiger partial charge in [0.2, 0.25) is 11.8 Å². The van der Waals surface area contributed by atoms with Gasteiger partial charge in [0, 0.05) is 24.3 Å². The van der Waals surface area contributed by atoms with Crippen molar-refractivity contribution in [3.05, 3.63) is 24.3 Å². The molecule has 0 radical (unpaired) electrons. The van der Waals surface area contributed by atoms with Crippen molar-refractivity contribution < 1.29 is 9.59 Å². The quantitative estimate of drug-likeness (QED) is 0.827. The molecule has 3 N–H and O–H groups in total. The lowest BCUT2D eigenvalue weighted by molar-refractivity contribution is -0.117. The molecule has 1 aliphatic heterocycles. The molecular formula is C15H22N4O2. The summed E-state index contributed by atoms with van der Waals surface area (Å²) in [6, 6.07) is 7.32. The van der Waals surface area contributed by atoms with Crippen LogP contribution in [-0.4, -0.2) is 50.4 Å². The average Bonchev–Trinajstić information content (AvgIpc) is 2.80. The van der Waals surface area contributed by atoms with Crippen molar-refractivity contribution in [3.8, 4) is 0 Å². The van der Waals surface area contributed by atoms with Gasteiger partial charge in [-0.1, -0.05) is 0 Å². The Bertz CT molecular complexity index is 513. The first kappa shape index (κ1) is 15.5. The molecule has 1 saturated heterocycles. The summed E-state index contributed by atoms with van der Waals surface area (Å²) in [7, 11) is 3.69. The largest absolute Gasteiger partial charge is 0.330 e. The lowest BCUT2D eigenvalue weighted by Gasteiger charge is -2.17. The van der Waals surface area contributed by atoms with E-state index in [1.54, 1.807) is 9.80 Å². The molecule has 2 amide bonds. The molecule has 114 valence electrons. The second-order valence-corrected chi connectivity index (χ2v) is 5.64. The Hall–Kier alpha value is -1.92. The van der Waals surface area contributed by atoms with Gasteiger partial charge >= 0.3 is 0 Å². The molecule has 1 atom stereocenters. The zero-order valence-corrected chi connectivity index (χ0v) is 12.5. The number of nitrogens with two attached hydrogens (primary N) is 1. The van der Waals surface area contributed by atoms with Gasteiger partial charge in [0.1, 0.15) is 0 Å². The second kappa shape index (κ2) is 6.69. The number of carbonyl (C=O) groups excluding carboxylic acids is 2. The molecule has 1 fully saturated rings. The summed E-state index contributed by atoms with van der Waals surface area (Å²) in [5, 5.41) is 2.82. The Morgan fingerprint density at radius 2 is 2.05 bits per heavy atom. The number of hydrogen-bond acceptors (Lipinski definition) is 4. The van der Waals surface area contributed by atoms with Gasteiger partial charge in [-0.25, -0.2) is 0 Å². The molecule has 2 rings (SSSR count). The minimum atomic E-state index is -0.0619. The summed E-state index contributed by atoms with van der Waals surface area (Å²) >= 11 is 0. The monoisotopic (exact) mass is 290 g/mol. The molecule has 0 bridgehead atoms. The van der Waals surface area contributed by atoms with Crippen LogP contribution in [0.3, 0.4) is 0 Å². The molecule has 21 heavy (non-hydrogen) atoms. The first-order valence-corrected chi connectivity index (χ1v) is 7.04. The van der Waals surface area contributed by atoms with E-state index in [9.17, 15) is 9.59 Å². The molecule has 0 aliphatic carbocycles. The number of likely N-dealkylation sites (N-methyl/N-ethyl adjacent to an activating group) is 1. The van der Waals surface area contributed by atoms with E-state index in [4.69, 9.17) is 5.73 Å². The zero-order valence-electron chi connectivity index (χ0n) is 12.5. The number of carbonyl (C=O) groups is 2. The van der Waals surface area contributed by atoms with Gasteiger partial charge in [0.15, 0.2) is 0 Å². The predicted octanol–water partition coefficient (Wildman–Crippen LogP) is 0.498. The lowest BCUT2D eigenvalue weighted by atomic mass is 10.1. The highest BCUT2D eigenvalue weighted by molar-refractivity contribution is 5.96. The second-order valence-electron chi connectivity index (χ2n) is 5.64. The highest BCUT2D eigenvalue weighted by Crippen LogP contribution is 2.25. The van der Waals surface area contributed by atoms with Gasteiger partial charge in [-0.3, -0.25) is 9.59 Å². The van der Waals surface area contributed by atoms with Crippen LogP contribution >= 0.6 is 0 Å². The molecule has 0 aromatic heterocycles. The summed E-state index contributed by atoms with van der Waals surface area (Å²) in [5.41, 5.74) is 7.20. The van der Waals surface area contributed by atoms with Crippen LogP contribution in [0.4, 0.5) is 11.4 Å². The van der Waals surface area contributed by atoms with Crippen LogP contribution in [0.15, 0.2) is 24.3 Å². The number of nitrogens with zero attached hydrogens (tertiary/aromatic N) is 2. The van der Waals surface area contributed by atoms with Crippen LogP contribution in [-0.2, 0) is 9.59 Å². The Morgan fingerprint density at radius 1 is 1.38 bits per heavy atom. The van der Waals surface area contributed by atoms with Crippen molar-refractivity contribution >= 4 is 23.2 Å². The van der Waals surface area contributed by atoms with Gasteiger partial charge in [0.05, 0.1) is 6.54 Å². The van der Waals surface area contributed by atoms with Crippen molar-refractivity contribution in [1.29, 1.82) is 0 Å². The van der Waals surface area contributed by atoms with E-state index in [0.717, 1.165) is 11.4 Å². The fraction of sp³-hybridized carbons (Fsp3) is 0.467. The minimum absolute atomic E-state index is 0.0619. The molecule has 0 spiro atoms. The Balaban J connectivity index is 1.99. The third-order valence-electron chi connectivity index (χ3n) is 3.46. The maximum atomic E-state index is 11.9. The predicted molar refractivity (Wildman–Crippen MR) is 83.1 cm³/mol. The van der Waals surface area contributed by atoms with Crippen molar-refractivity contribution in [3.63, 3.8) is 0 Å². The third kappa shape index (κ3) is 4.03. The summed E-state index contributed by atoms with van der Waals surface area (Å²) < 4.78 is 0. The summed E-state index contributed by atoms with van der Waals surface area (Å²) in [6.45, 7) is 1.53. The summed E-state index contributed by atoms with van der Waals surface area (Å²) in [5.74, 6) is 0.278. The SMILES string of the molecule is CN(C)CC(=O)Nc1ccc(N2CC(CN)CC2=O)cc1. The Labute approximate surface area is 124 Å². The van der Waals surface area contributed by atoms with E-state index in [1.165, 1.54) is 0 Å².